The Labute approximate surface area is 195 Å². The van der Waals surface area contributed by atoms with E-state index in [1.54, 1.807) is 23.7 Å². The molecule has 0 aliphatic carbocycles. The summed E-state index contributed by atoms with van der Waals surface area (Å²) < 4.78 is 12.2. The Balaban J connectivity index is 2.53. The lowest BCUT2D eigenvalue weighted by Crippen LogP contribution is -2.25. The third-order valence-corrected chi connectivity index (χ3v) is 5.44. The van der Waals surface area contributed by atoms with E-state index in [9.17, 15) is 9.59 Å². The Morgan fingerprint density at radius 3 is 2.31 bits per heavy atom. The fraction of sp³-hybridized carbons (Fsp3) is 0.542. The van der Waals surface area contributed by atoms with Crippen molar-refractivity contribution >= 4 is 29.4 Å². The molecule has 0 N–H and O–H groups in total. The van der Waals surface area contributed by atoms with Gasteiger partial charge in [0.1, 0.15) is 5.02 Å². The van der Waals surface area contributed by atoms with E-state index in [0.717, 1.165) is 38.8 Å². The Bertz CT molecular complexity index is 920. The van der Waals surface area contributed by atoms with Crippen molar-refractivity contribution in [1.29, 1.82) is 0 Å². The number of benzene rings is 1. The van der Waals surface area contributed by atoms with Crippen molar-refractivity contribution in [2.45, 2.75) is 60.3 Å². The van der Waals surface area contributed by atoms with E-state index in [4.69, 9.17) is 26.2 Å². The van der Waals surface area contributed by atoms with Crippen LogP contribution in [0.4, 0.5) is 5.82 Å². The van der Waals surface area contributed by atoms with Gasteiger partial charge in [0.2, 0.25) is 0 Å². The summed E-state index contributed by atoms with van der Waals surface area (Å²) in [7, 11) is 0. The van der Waals surface area contributed by atoms with Crippen LogP contribution in [0, 0.1) is 6.92 Å². The molecule has 1 aromatic carbocycles. The summed E-state index contributed by atoms with van der Waals surface area (Å²) in [5, 5.41) is 5.29. The molecule has 0 spiro atoms. The number of esters is 2. The Hall–Kier alpha value is -2.54. The molecule has 8 heteroatoms. The average Bonchev–Trinajstić information content (AvgIpc) is 3.08. The minimum atomic E-state index is -0.530. The zero-order valence-electron chi connectivity index (χ0n) is 19.7. The highest BCUT2D eigenvalue weighted by molar-refractivity contribution is 6.33. The van der Waals surface area contributed by atoms with Crippen LogP contribution in [0.2, 0.25) is 5.02 Å². The maximum Gasteiger partial charge on any atom is 0.340 e. The first-order valence-electron chi connectivity index (χ1n) is 11.4. The standard InChI is InChI=1S/C24H34ClN3O4/c1-6-10-15-32-23(29)18-11-12-20(19(16-18)24(30)31-9-4)28-17(5)21(25)22(26-28)27(13-7-2)14-8-3/h11-12,16H,6-10,13-15H2,1-5H3. The predicted molar refractivity (Wildman–Crippen MR) is 127 cm³/mol. The molecule has 0 radical (unpaired) electrons. The molecule has 0 bridgehead atoms. The fourth-order valence-corrected chi connectivity index (χ4v) is 3.62. The van der Waals surface area contributed by atoms with Crippen LogP contribution in [-0.2, 0) is 9.47 Å². The number of anilines is 1. The smallest absolute Gasteiger partial charge is 0.340 e. The monoisotopic (exact) mass is 463 g/mol. The van der Waals surface area contributed by atoms with Gasteiger partial charge >= 0.3 is 11.9 Å². The second-order valence-electron chi connectivity index (χ2n) is 7.56. The van der Waals surface area contributed by atoms with Crippen LogP contribution < -0.4 is 4.90 Å². The molecule has 2 aromatic rings. The van der Waals surface area contributed by atoms with Crippen LogP contribution in [0.15, 0.2) is 18.2 Å². The lowest BCUT2D eigenvalue weighted by Gasteiger charge is -2.21. The van der Waals surface area contributed by atoms with Crippen LogP contribution in [0.25, 0.3) is 5.69 Å². The zero-order chi connectivity index (χ0) is 23.7. The van der Waals surface area contributed by atoms with Gasteiger partial charge in [0.25, 0.3) is 0 Å². The summed E-state index contributed by atoms with van der Waals surface area (Å²) in [6, 6.07) is 4.83. The molecule has 0 fully saturated rings. The number of hydrogen-bond donors (Lipinski definition) is 0. The van der Waals surface area contributed by atoms with Gasteiger partial charge in [-0.2, -0.15) is 0 Å². The lowest BCUT2D eigenvalue weighted by molar-refractivity contribution is 0.0499. The topological polar surface area (TPSA) is 73.7 Å². The quantitative estimate of drug-likeness (QED) is 0.301. The zero-order valence-corrected chi connectivity index (χ0v) is 20.5. The molecule has 0 unspecified atom stereocenters. The molecule has 2 rings (SSSR count). The molecule has 0 saturated heterocycles. The number of carbonyl (C=O) groups is 2. The van der Waals surface area contributed by atoms with Gasteiger partial charge in [-0.3, -0.25) is 0 Å². The van der Waals surface area contributed by atoms with Gasteiger partial charge in [-0.25, -0.2) is 14.3 Å². The summed E-state index contributed by atoms with van der Waals surface area (Å²) in [5.74, 6) is -0.313. The van der Waals surface area contributed by atoms with Crippen molar-refractivity contribution < 1.29 is 19.1 Å². The van der Waals surface area contributed by atoms with E-state index < -0.39 is 11.9 Å². The summed E-state index contributed by atoms with van der Waals surface area (Å²) >= 11 is 6.66. The molecule has 1 aromatic heterocycles. The number of nitrogens with zero attached hydrogens (tertiary/aromatic N) is 3. The Morgan fingerprint density at radius 2 is 1.72 bits per heavy atom. The van der Waals surface area contributed by atoms with Gasteiger partial charge in [-0.05, 0) is 51.3 Å². The first kappa shape index (κ1) is 25.7. The molecule has 7 nitrogen and oxygen atoms in total. The summed E-state index contributed by atoms with van der Waals surface area (Å²) in [5.41, 5.74) is 1.75. The van der Waals surface area contributed by atoms with E-state index in [1.807, 2.05) is 13.8 Å². The molecule has 0 atom stereocenters. The first-order valence-corrected chi connectivity index (χ1v) is 11.8. The number of unbranched alkanes of at least 4 members (excludes halogenated alkanes) is 1. The van der Waals surface area contributed by atoms with Crippen molar-refractivity contribution in [2.75, 3.05) is 31.2 Å². The van der Waals surface area contributed by atoms with Gasteiger partial charge in [0.05, 0.1) is 35.7 Å². The fourth-order valence-electron chi connectivity index (χ4n) is 3.38. The Kier molecular flexibility index (Phi) is 10.0. The van der Waals surface area contributed by atoms with Crippen LogP contribution in [-0.4, -0.2) is 48.0 Å². The van der Waals surface area contributed by atoms with Gasteiger partial charge < -0.3 is 14.4 Å². The largest absolute Gasteiger partial charge is 0.462 e. The minimum Gasteiger partial charge on any atom is -0.462 e. The highest BCUT2D eigenvalue weighted by atomic mass is 35.5. The van der Waals surface area contributed by atoms with Gasteiger partial charge in [-0.15, -0.1) is 5.10 Å². The van der Waals surface area contributed by atoms with Crippen molar-refractivity contribution in [3.8, 4) is 5.69 Å². The number of rotatable bonds is 12. The molecular weight excluding hydrogens is 430 g/mol. The molecule has 0 aliphatic rings. The second-order valence-corrected chi connectivity index (χ2v) is 7.94. The maximum absolute atomic E-state index is 12.8. The van der Waals surface area contributed by atoms with E-state index in [0.29, 0.717) is 34.4 Å². The third kappa shape index (κ3) is 6.03. The number of halogens is 1. The van der Waals surface area contributed by atoms with Crippen molar-refractivity contribution in [3.63, 3.8) is 0 Å². The van der Waals surface area contributed by atoms with Gasteiger partial charge in [-0.1, -0.05) is 38.8 Å². The van der Waals surface area contributed by atoms with Crippen molar-refractivity contribution in [2.24, 2.45) is 0 Å². The van der Waals surface area contributed by atoms with E-state index in [1.165, 1.54) is 6.07 Å². The van der Waals surface area contributed by atoms with Crippen molar-refractivity contribution in [1.82, 2.24) is 9.78 Å². The number of carbonyl (C=O) groups excluding carboxylic acids is 2. The van der Waals surface area contributed by atoms with E-state index in [-0.39, 0.29) is 12.2 Å². The van der Waals surface area contributed by atoms with Gasteiger partial charge in [0, 0.05) is 13.1 Å². The Morgan fingerprint density at radius 1 is 1.03 bits per heavy atom. The average molecular weight is 464 g/mol. The van der Waals surface area contributed by atoms with Crippen LogP contribution in [0.3, 0.4) is 0 Å². The summed E-state index contributed by atoms with van der Waals surface area (Å²) in [4.78, 5) is 27.3. The van der Waals surface area contributed by atoms with Crippen LogP contribution >= 0.6 is 11.6 Å². The molecule has 0 amide bonds. The maximum atomic E-state index is 12.8. The molecule has 0 aliphatic heterocycles. The molecule has 0 saturated carbocycles. The minimum absolute atomic E-state index is 0.217. The lowest BCUT2D eigenvalue weighted by atomic mass is 10.1. The van der Waals surface area contributed by atoms with E-state index in [2.05, 4.69) is 18.7 Å². The predicted octanol–water partition coefficient (Wildman–Crippen LogP) is 5.59. The first-order chi connectivity index (χ1) is 15.4. The van der Waals surface area contributed by atoms with Crippen LogP contribution in [0.1, 0.15) is 79.8 Å². The number of ether oxygens (including phenoxy) is 2. The van der Waals surface area contributed by atoms with Crippen molar-refractivity contribution in [3.05, 3.63) is 40.0 Å². The molecule has 176 valence electrons. The third-order valence-electron chi connectivity index (χ3n) is 5.00. The molecular formula is C24H34ClN3O4. The summed E-state index contributed by atoms with van der Waals surface area (Å²) in [6.07, 6.45) is 3.64. The highest BCUT2D eigenvalue weighted by Crippen LogP contribution is 2.32. The molecule has 1 heterocycles. The molecule has 32 heavy (non-hydrogen) atoms. The van der Waals surface area contributed by atoms with Crippen LogP contribution in [0.5, 0.6) is 0 Å². The van der Waals surface area contributed by atoms with E-state index >= 15 is 0 Å². The highest BCUT2D eigenvalue weighted by Gasteiger charge is 2.24. The summed E-state index contributed by atoms with van der Waals surface area (Å²) in [6.45, 7) is 12.1. The number of hydrogen-bond acceptors (Lipinski definition) is 6. The second kappa shape index (κ2) is 12.5. The van der Waals surface area contributed by atoms with Gasteiger partial charge in [0.15, 0.2) is 5.82 Å². The number of aromatic nitrogens is 2. The normalized spacial score (nSPS) is 10.8. The SMILES string of the molecule is CCCCOC(=O)c1ccc(-n2nc(N(CCC)CCC)c(Cl)c2C)c(C(=O)OCC)c1.